The van der Waals surface area contributed by atoms with Gasteiger partial charge in [-0.2, -0.15) is 0 Å². The number of benzene rings is 7. The summed E-state index contributed by atoms with van der Waals surface area (Å²) < 4.78 is 7.52. The van der Waals surface area contributed by atoms with E-state index in [-0.39, 0.29) is 6.17 Å². The van der Waals surface area contributed by atoms with Crippen LogP contribution in [0.4, 0.5) is 0 Å². The number of nitrogens with zero attached hydrogens (tertiary/aromatic N) is 3. The predicted octanol–water partition coefficient (Wildman–Crippen LogP) is 12.0. The second-order valence-electron chi connectivity index (χ2n) is 13.0. The van der Waals surface area contributed by atoms with E-state index in [9.17, 15) is 0 Å². The lowest BCUT2D eigenvalue weighted by Crippen LogP contribution is -2.33. The summed E-state index contributed by atoms with van der Waals surface area (Å²) in [5.41, 5.74) is 6.85. The fourth-order valence-corrected chi connectivity index (χ4v) is 10.0. The Morgan fingerprint density at radius 3 is 1.94 bits per heavy atom. The molecule has 6 heteroatoms. The van der Waals surface area contributed by atoms with Gasteiger partial charge in [0.05, 0.1) is 11.0 Å². The number of aromatic nitrogens is 1. The minimum atomic E-state index is -0.243. The summed E-state index contributed by atoms with van der Waals surface area (Å²) >= 11 is 3.73. The maximum atomic E-state index is 5.17. The number of aliphatic imine (C=N–C) groups is 2. The van der Waals surface area contributed by atoms with E-state index in [1.165, 1.54) is 67.8 Å². The molecule has 0 bridgehead atoms. The summed E-state index contributed by atoms with van der Waals surface area (Å²) in [7, 11) is 0. The Morgan fingerprint density at radius 1 is 0.510 bits per heavy atom. The van der Waals surface area contributed by atoms with Gasteiger partial charge < -0.3 is 9.88 Å². The van der Waals surface area contributed by atoms with Crippen LogP contribution in [0.2, 0.25) is 0 Å². The normalized spacial score (nSPS) is 14.9. The zero-order chi connectivity index (χ0) is 33.5. The first kappa shape index (κ1) is 28.7. The molecule has 4 nitrogen and oxygen atoms in total. The van der Waals surface area contributed by atoms with Crippen molar-refractivity contribution >= 4 is 96.5 Å². The van der Waals surface area contributed by atoms with Crippen molar-refractivity contribution in [1.82, 2.24) is 9.88 Å². The molecular formula is C45H28N4S2. The highest BCUT2D eigenvalue weighted by molar-refractivity contribution is 7.27. The van der Waals surface area contributed by atoms with Gasteiger partial charge in [0.15, 0.2) is 5.84 Å². The van der Waals surface area contributed by atoms with Gasteiger partial charge in [-0.3, -0.25) is 0 Å². The van der Waals surface area contributed by atoms with Gasteiger partial charge >= 0.3 is 0 Å². The summed E-state index contributed by atoms with van der Waals surface area (Å²) in [5.74, 6) is 1.58. The minimum Gasteiger partial charge on any atom is -0.344 e. The van der Waals surface area contributed by atoms with E-state index < -0.39 is 0 Å². The summed E-state index contributed by atoms with van der Waals surface area (Å²) in [5, 5.41) is 11.4. The Morgan fingerprint density at radius 2 is 1.16 bits per heavy atom. The van der Waals surface area contributed by atoms with E-state index in [0.29, 0.717) is 0 Å². The highest BCUT2D eigenvalue weighted by Crippen LogP contribution is 2.44. The fraction of sp³-hybridized carbons (Fsp3) is 0.0222. The molecule has 7 aromatic carbocycles. The Balaban J connectivity index is 1.08. The topological polar surface area (TPSA) is 41.7 Å². The van der Waals surface area contributed by atoms with E-state index in [0.717, 1.165) is 28.4 Å². The van der Waals surface area contributed by atoms with Crippen LogP contribution in [0.25, 0.3) is 67.8 Å². The fourth-order valence-electron chi connectivity index (χ4n) is 7.73. The predicted molar refractivity (Wildman–Crippen MR) is 218 cm³/mol. The third kappa shape index (κ3) is 4.50. The first-order valence-corrected chi connectivity index (χ1v) is 18.7. The minimum absolute atomic E-state index is 0.243. The van der Waals surface area contributed by atoms with Crippen LogP contribution in [0.3, 0.4) is 0 Å². The van der Waals surface area contributed by atoms with Crippen molar-refractivity contribution in [2.24, 2.45) is 9.98 Å². The molecule has 0 spiro atoms. The van der Waals surface area contributed by atoms with Crippen molar-refractivity contribution in [2.75, 3.05) is 0 Å². The average molecular weight is 689 g/mol. The second-order valence-corrected chi connectivity index (χ2v) is 15.2. The van der Waals surface area contributed by atoms with Crippen molar-refractivity contribution in [1.29, 1.82) is 0 Å². The number of rotatable bonds is 4. The van der Waals surface area contributed by atoms with Gasteiger partial charge in [-0.15, -0.1) is 22.7 Å². The first-order chi connectivity index (χ1) is 25.3. The standard InChI is InChI=1S/C45H28N4S2/c1-3-12-27(13-4-1)43-46-44(28-14-5-2-6-15-28)48-45(47-43)33-18-11-21-38-42(33)35-26-40-34(25-41(35)50-38)32-23-22-29(24-39(32)51-40)49-36-19-9-7-16-30(36)31-17-8-10-20-37(31)49/h1-26,43H,(H,46,47,48). The number of fused-ring (bicyclic) bond motifs is 9. The first-order valence-electron chi connectivity index (χ1n) is 17.1. The quantitative estimate of drug-likeness (QED) is 0.196. The largest absolute Gasteiger partial charge is 0.344 e. The van der Waals surface area contributed by atoms with Crippen LogP contribution in [-0.4, -0.2) is 16.2 Å². The van der Waals surface area contributed by atoms with Gasteiger partial charge in [0.2, 0.25) is 0 Å². The van der Waals surface area contributed by atoms with Crippen LogP contribution in [0.5, 0.6) is 0 Å². The van der Waals surface area contributed by atoms with E-state index >= 15 is 0 Å². The third-order valence-electron chi connectivity index (χ3n) is 10.1. The highest BCUT2D eigenvalue weighted by atomic mass is 32.1. The van der Waals surface area contributed by atoms with Crippen LogP contribution in [0.15, 0.2) is 168 Å². The summed E-state index contributed by atoms with van der Waals surface area (Å²) in [6.45, 7) is 0. The van der Waals surface area contributed by atoms with Crippen molar-refractivity contribution < 1.29 is 0 Å². The van der Waals surface area contributed by atoms with Crippen LogP contribution in [-0.2, 0) is 0 Å². The van der Waals surface area contributed by atoms with Crippen LogP contribution in [0.1, 0.15) is 22.9 Å². The zero-order valence-electron chi connectivity index (χ0n) is 27.2. The zero-order valence-corrected chi connectivity index (χ0v) is 28.9. The molecule has 1 N–H and O–H groups in total. The van der Waals surface area contributed by atoms with E-state index in [1.54, 1.807) is 0 Å². The molecule has 0 saturated carbocycles. The maximum absolute atomic E-state index is 5.17. The molecule has 4 heterocycles. The molecule has 10 aromatic rings. The number of para-hydroxylation sites is 2. The summed E-state index contributed by atoms with van der Waals surface area (Å²) in [6.07, 6.45) is -0.243. The molecule has 3 aromatic heterocycles. The lowest BCUT2D eigenvalue weighted by Gasteiger charge is -2.24. The van der Waals surface area contributed by atoms with Crippen molar-refractivity contribution in [3.8, 4) is 5.69 Å². The Kier molecular flexibility index (Phi) is 6.32. The summed E-state index contributed by atoms with van der Waals surface area (Å²) in [6, 6.07) is 56.5. The molecular weight excluding hydrogens is 661 g/mol. The van der Waals surface area contributed by atoms with Crippen molar-refractivity contribution in [2.45, 2.75) is 6.17 Å². The molecule has 1 unspecified atom stereocenters. The highest BCUT2D eigenvalue weighted by Gasteiger charge is 2.24. The van der Waals surface area contributed by atoms with E-state index in [2.05, 4.69) is 143 Å². The number of amidine groups is 2. The monoisotopic (exact) mass is 688 g/mol. The number of nitrogens with one attached hydrogen (secondary N) is 1. The van der Waals surface area contributed by atoms with Crippen LogP contribution >= 0.6 is 22.7 Å². The van der Waals surface area contributed by atoms with E-state index in [4.69, 9.17) is 9.98 Å². The number of hydrogen-bond donors (Lipinski definition) is 1. The SMILES string of the molecule is c1ccc(C2=NC(c3ccccc3)NC(c3cccc4sc5cc6c(cc5c34)sc3cc(-n4c5ccccc5c5ccccc54)ccc36)=N2)cc1. The molecule has 0 amide bonds. The smallest absolute Gasteiger partial charge is 0.159 e. The van der Waals surface area contributed by atoms with Gasteiger partial charge in [-0.05, 0) is 48.0 Å². The van der Waals surface area contributed by atoms with Gasteiger partial charge in [-0.1, -0.05) is 115 Å². The third-order valence-corrected chi connectivity index (χ3v) is 12.3. The van der Waals surface area contributed by atoms with Gasteiger partial charge in [-0.25, -0.2) is 9.98 Å². The Hall–Kier alpha value is -6.08. The van der Waals surface area contributed by atoms with Crippen molar-refractivity contribution in [3.63, 3.8) is 0 Å². The molecule has 1 aliphatic heterocycles. The average Bonchev–Trinajstić information content (AvgIpc) is 3.86. The molecule has 0 aliphatic carbocycles. The molecule has 1 atom stereocenters. The number of hydrogen-bond acceptors (Lipinski definition) is 5. The summed E-state index contributed by atoms with van der Waals surface area (Å²) in [4.78, 5) is 10.2. The second kappa shape index (κ2) is 11.2. The molecule has 0 saturated heterocycles. The lowest BCUT2D eigenvalue weighted by molar-refractivity contribution is 0.674. The molecule has 51 heavy (non-hydrogen) atoms. The maximum Gasteiger partial charge on any atom is 0.159 e. The van der Waals surface area contributed by atoms with Crippen molar-refractivity contribution in [3.05, 3.63) is 174 Å². The van der Waals surface area contributed by atoms with Gasteiger partial charge in [0.25, 0.3) is 0 Å². The molecule has 240 valence electrons. The van der Waals surface area contributed by atoms with Crippen LogP contribution in [0, 0.1) is 0 Å². The van der Waals surface area contributed by atoms with Crippen LogP contribution < -0.4 is 5.32 Å². The molecule has 0 fully saturated rings. The van der Waals surface area contributed by atoms with E-state index in [1.807, 2.05) is 46.9 Å². The Bertz CT molecular complexity index is 3000. The molecule has 1 aliphatic rings. The van der Waals surface area contributed by atoms with Gasteiger partial charge in [0.1, 0.15) is 12.0 Å². The Labute approximate surface area is 301 Å². The number of thiophene rings is 2. The lowest BCUT2D eigenvalue weighted by atomic mass is 10.0. The molecule has 11 rings (SSSR count). The van der Waals surface area contributed by atoms with Gasteiger partial charge in [0, 0.05) is 67.9 Å². The molecule has 0 radical (unpaired) electrons.